The van der Waals surface area contributed by atoms with E-state index in [0.29, 0.717) is 22.4 Å². The van der Waals surface area contributed by atoms with E-state index >= 15 is 0 Å². The maximum atomic E-state index is 12.1. The molecule has 0 bridgehead atoms. The van der Waals surface area contributed by atoms with E-state index in [2.05, 4.69) is 0 Å². The quantitative estimate of drug-likeness (QED) is 0.455. The van der Waals surface area contributed by atoms with Crippen molar-refractivity contribution in [2.45, 2.75) is 18.4 Å². The maximum absolute atomic E-state index is 12.1. The normalized spacial score (nSPS) is 10.2. The summed E-state index contributed by atoms with van der Waals surface area (Å²) in [7, 11) is 1.54. The van der Waals surface area contributed by atoms with Crippen LogP contribution in [0.5, 0.6) is 5.75 Å². The SMILES string of the molecule is COc1ccc(C(C)=O)cc1COC(=O)c1ccc(SC)cc1. The van der Waals surface area contributed by atoms with Crippen LogP contribution in [0.2, 0.25) is 0 Å². The van der Waals surface area contributed by atoms with Crippen LogP contribution >= 0.6 is 11.8 Å². The first-order valence-electron chi connectivity index (χ1n) is 7.04. The summed E-state index contributed by atoms with van der Waals surface area (Å²) >= 11 is 1.61. The van der Waals surface area contributed by atoms with Gasteiger partial charge in [-0.15, -0.1) is 11.8 Å². The fourth-order valence-electron chi connectivity index (χ4n) is 2.06. The van der Waals surface area contributed by atoms with Crippen LogP contribution in [0.3, 0.4) is 0 Å². The fraction of sp³-hybridized carbons (Fsp3) is 0.222. The largest absolute Gasteiger partial charge is 0.496 e. The molecule has 0 radical (unpaired) electrons. The molecule has 0 aromatic heterocycles. The first-order valence-corrected chi connectivity index (χ1v) is 8.26. The molecule has 0 saturated heterocycles. The molecular weight excluding hydrogens is 312 g/mol. The van der Waals surface area contributed by atoms with Crippen LogP contribution in [0.1, 0.15) is 33.2 Å². The van der Waals surface area contributed by atoms with E-state index in [0.717, 1.165) is 4.90 Å². The highest BCUT2D eigenvalue weighted by Crippen LogP contribution is 2.22. The van der Waals surface area contributed by atoms with Gasteiger partial charge >= 0.3 is 5.97 Å². The third kappa shape index (κ3) is 4.36. The average Bonchev–Trinajstić information content (AvgIpc) is 2.59. The number of carbonyl (C=O) groups excluding carboxylic acids is 2. The predicted octanol–water partition coefficient (Wildman–Crippen LogP) is 3.98. The van der Waals surface area contributed by atoms with Gasteiger partial charge in [0.25, 0.3) is 0 Å². The Bertz CT molecular complexity index is 707. The van der Waals surface area contributed by atoms with Gasteiger partial charge in [-0.1, -0.05) is 0 Å². The first-order chi connectivity index (χ1) is 11.0. The lowest BCUT2D eigenvalue weighted by atomic mass is 10.1. The molecular formula is C18H18O4S. The molecule has 0 atom stereocenters. The Morgan fingerprint density at radius 3 is 2.26 bits per heavy atom. The molecule has 23 heavy (non-hydrogen) atoms. The highest BCUT2D eigenvalue weighted by Gasteiger charge is 2.11. The van der Waals surface area contributed by atoms with Crippen LogP contribution in [-0.4, -0.2) is 25.1 Å². The Hall–Kier alpha value is -2.27. The van der Waals surface area contributed by atoms with Crippen molar-refractivity contribution in [1.82, 2.24) is 0 Å². The van der Waals surface area contributed by atoms with Gasteiger partial charge in [0.1, 0.15) is 12.4 Å². The molecule has 0 amide bonds. The van der Waals surface area contributed by atoms with Crippen molar-refractivity contribution in [3.8, 4) is 5.75 Å². The average molecular weight is 330 g/mol. The number of Topliss-reactive ketones (excluding diaryl/α,β-unsaturated/α-hetero) is 1. The van der Waals surface area contributed by atoms with Crippen LogP contribution in [0.4, 0.5) is 0 Å². The molecule has 0 N–H and O–H groups in total. The van der Waals surface area contributed by atoms with Crippen molar-refractivity contribution in [3.05, 3.63) is 59.2 Å². The molecule has 0 fully saturated rings. The Morgan fingerprint density at radius 2 is 1.70 bits per heavy atom. The molecule has 0 unspecified atom stereocenters. The molecule has 5 heteroatoms. The van der Waals surface area contributed by atoms with Crippen LogP contribution < -0.4 is 4.74 Å². The number of ketones is 1. The fourth-order valence-corrected chi connectivity index (χ4v) is 2.47. The monoisotopic (exact) mass is 330 g/mol. The van der Waals surface area contributed by atoms with Crippen molar-refractivity contribution in [1.29, 1.82) is 0 Å². The minimum Gasteiger partial charge on any atom is -0.496 e. The van der Waals surface area contributed by atoms with Gasteiger partial charge in [0.05, 0.1) is 12.7 Å². The van der Waals surface area contributed by atoms with E-state index in [4.69, 9.17) is 9.47 Å². The van der Waals surface area contributed by atoms with E-state index in [1.807, 2.05) is 18.4 Å². The lowest BCUT2D eigenvalue weighted by molar-refractivity contribution is 0.0470. The number of thioether (sulfide) groups is 1. The molecule has 0 aliphatic carbocycles. The highest BCUT2D eigenvalue weighted by molar-refractivity contribution is 7.98. The molecule has 4 nitrogen and oxygen atoms in total. The second-order valence-electron chi connectivity index (χ2n) is 4.89. The van der Waals surface area contributed by atoms with Crippen LogP contribution in [0, 0.1) is 0 Å². The standard InChI is InChI=1S/C18H18O4S/c1-12(19)14-6-9-17(21-2)15(10-14)11-22-18(20)13-4-7-16(23-3)8-5-13/h4-10H,11H2,1-3H3. The van der Waals surface area contributed by atoms with Gasteiger partial charge in [-0.05, 0) is 55.6 Å². The van der Waals surface area contributed by atoms with Crippen LogP contribution in [0.15, 0.2) is 47.4 Å². The lowest BCUT2D eigenvalue weighted by Crippen LogP contribution is -2.07. The number of hydrogen-bond donors (Lipinski definition) is 0. The second-order valence-corrected chi connectivity index (χ2v) is 5.77. The summed E-state index contributed by atoms with van der Waals surface area (Å²) in [5.41, 5.74) is 1.71. The highest BCUT2D eigenvalue weighted by atomic mass is 32.2. The zero-order valence-corrected chi connectivity index (χ0v) is 14.1. The Labute approximate surface area is 139 Å². The first kappa shape index (κ1) is 17.1. The number of esters is 1. The molecule has 0 aliphatic rings. The number of hydrogen-bond acceptors (Lipinski definition) is 5. The second kappa shape index (κ2) is 7.83. The van der Waals surface area contributed by atoms with Gasteiger partial charge in [-0.25, -0.2) is 4.79 Å². The number of ether oxygens (including phenoxy) is 2. The zero-order chi connectivity index (χ0) is 16.8. The van der Waals surface area contributed by atoms with Gasteiger partial charge < -0.3 is 9.47 Å². The number of carbonyl (C=O) groups is 2. The summed E-state index contributed by atoms with van der Waals surface area (Å²) in [6, 6.07) is 12.3. The van der Waals surface area contributed by atoms with E-state index in [1.54, 1.807) is 42.1 Å². The summed E-state index contributed by atoms with van der Waals surface area (Å²) in [5, 5.41) is 0. The summed E-state index contributed by atoms with van der Waals surface area (Å²) in [6.07, 6.45) is 1.97. The molecule has 2 rings (SSSR count). The number of rotatable bonds is 6. The summed E-state index contributed by atoms with van der Waals surface area (Å²) in [5.74, 6) is 0.126. The molecule has 120 valence electrons. The third-order valence-electron chi connectivity index (χ3n) is 3.37. The van der Waals surface area contributed by atoms with Crippen molar-refractivity contribution < 1.29 is 19.1 Å². The van der Waals surface area contributed by atoms with Gasteiger partial charge in [0.15, 0.2) is 5.78 Å². The summed E-state index contributed by atoms with van der Waals surface area (Å²) < 4.78 is 10.6. The summed E-state index contributed by atoms with van der Waals surface area (Å²) in [4.78, 5) is 24.6. The molecule has 0 spiro atoms. The van der Waals surface area contributed by atoms with E-state index in [9.17, 15) is 9.59 Å². The molecule has 0 saturated carbocycles. The Morgan fingerprint density at radius 1 is 1.04 bits per heavy atom. The van der Waals surface area contributed by atoms with Crippen molar-refractivity contribution in [3.63, 3.8) is 0 Å². The molecule has 0 aliphatic heterocycles. The number of benzene rings is 2. The minimum atomic E-state index is -0.409. The van der Waals surface area contributed by atoms with Crippen molar-refractivity contribution in [2.75, 3.05) is 13.4 Å². The third-order valence-corrected chi connectivity index (χ3v) is 4.11. The van der Waals surface area contributed by atoms with Gasteiger partial charge in [-0.2, -0.15) is 0 Å². The van der Waals surface area contributed by atoms with E-state index in [-0.39, 0.29) is 12.4 Å². The Balaban J connectivity index is 2.11. The van der Waals surface area contributed by atoms with Crippen LogP contribution in [0.25, 0.3) is 0 Å². The van der Waals surface area contributed by atoms with Gasteiger partial charge in [-0.3, -0.25) is 4.79 Å². The minimum absolute atomic E-state index is 0.0483. The van der Waals surface area contributed by atoms with E-state index < -0.39 is 5.97 Å². The van der Waals surface area contributed by atoms with Crippen LogP contribution in [-0.2, 0) is 11.3 Å². The summed E-state index contributed by atoms with van der Waals surface area (Å²) in [6.45, 7) is 1.54. The zero-order valence-electron chi connectivity index (χ0n) is 13.3. The molecule has 0 heterocycles. The predicted molar refractivity (Wildman–Crippen MR) is 90.3 cm³/mol. The lowest BCUT2D eigenvalue weighted by Gasteiger charge is -2.11. The van der Waals surface area contributed by atoms with E-state index in [1.165, 1.54) is 14.0 Å². The van der Waals surface area contributed by atoms with Gasteiger partial charge in [0.2, 0.25) is 0 Å². The van der Waals surface area contributed by atoms with Gasteiger partial charge in [0, 0.05) is 16.0 Å². The smallest absolute Gasteiger partial charge is 0.338 e. The number of methoxy groups -OCH3 is 1. The van der Waals surface area contributed by atoms with Crippen molar-refractivity contribution in [2.24, 2.45) is 0 Å². The topological polar surface area (TPSA) is 52.6 Å². The molecule has 2 aromatic rings. The van der Waals surface area contributed by atoms with Crippen molar-refractivity contribution >= 4 is 23.5 Å². The Kier molecular flexibility index (Phi) is 5.82. The molecule has 2 aromatic carbocycles. The maximum Gasteiger partial charge on any atom is 0.338 e.